The van der Waals surface area contributed by atoms with Crippen LogP contribution in [-0.2, 0) is 11.3 Å². The van der Waals surface area contributed by atoms with Gasteiger partial charge in [-0.15, -0.1) is 11.3 Å². The Hall–Kier alpha value is -1.49. The van der Waals surface area contributed by atoms with E-state index in [2.05, 4.69) is 26.6 Å². The lowest BCUT2D eigenvalue weighted by molar-refractivity contribution is -0.114. The van der Waals surface area contributed by atoms with Crippen LogP contribution in [0.2, 0.25) is 0 Å². The van der Waals surface area contributed by atoms with Crippen molar-refractivity contribution in [2.24, 2.45) is 0 Å². The summed E-state index contributed by atoms with van der Waals surface area (Å²) in [5.41, 5.74) is 0.894. The molecular formula is C11H15N5OS. The molecule has 7 heteroatoms. The molecule has 1 fully saturated rings. The average Bonchev–Trinajstić information content (AvgIpc) is 2.76. The number of nitriles is 1. The molecule has 0 spiro atoms. The minimum Gasteiger partial charge on any atom is -0.313 e. The topological polar surface area (TPSA) is 81.1 Å². The molecule has 1 aromatic rings. The van der Waals surface area contributed by atoms with E-state index < -0.39 is 0 Å². The van der Waals surface area contributed by atoms with Crippen molar-refractivity contribution in [3.8, 4) is 6.07 Å². The lowest BCUT2D eigenvalue weighted by Gasteiger charge is -2.31. The van der Waals surface area contributed by atoms with Gasteiger partial charge in [-0.05, 0) is 0 Å². The molecule has 96 valence electrons. The monoisotopic (exact) mass is 265 g/mol. The van der Waals surface area contributed by atoms with Gasteiger partial charge in [0.25, 0.3) is 0 Å². The SMILES string of the molecule is CC(=O)Nc1nc(CN2CCNCC2C#N)cs1. The number of aromatic nitrogens is 1. The summed E-state index contributed by atoms with van der Waals surface area (Å²) in [7, 11) is 0. The number of thiazole rings is 1. The number of rotatable bonds is 3. The highest BCUT2D eigenvalue weighted by molar-refractivity contribution is 7.13. The van der Waals surface area contributed by atoms with Gasteiger partial charge in [-0.25, -0.2) is 4.98 Å². The molecule has 1 aromatic heterocycles. The minimum atomic E-state index is -0.118. The molecule has 2 heterocycles. The predicted octanol–water partition coefficient (Wildman–Crippen LogP) is 0.399. The maximum atomic E-state index is 10.9. The Morgan fingerprint density at radius 3 is 3.39 bits per heavy atom. The molecule has 0 bridgehead atoms. The van der Waals surface area contributed by atoms with Crippen LogP contribution in [0.4, 0.5) is 5.13 Å². The maximum absolute atomic E-state index is 10.9. The van der Waals surface area contributed by atoms with Gasteiger partial charge in [0.2, 0.25) is 5.91 Å². The Bertz CT molecular complexity index is 466. The van der Waals surface area contributed by atoms with Gasteiger partial charge in [0.05, 0.1) is 11.8 Å². The average molecular weight is 265 g/mol. The van der Waals surface area contributed by atoms with Crippen LogP contribution in [0, 0.1) is 11.3 Å². The number of hydrogen-bond acceptors (Lipinski definition) is 6. The first-order valence-corrected chi connectivity index (χ1v) is 6.63. The van der Waals surface area contributed by atoms with E-state index in [-0.39, 0.29) is 11.9 Å². The molecule has 18 heavy (non-hydrogen) atoms. The zero-order valence-electron chi connectivity index (χ0n) is 10.1. The van der Waals surface area contributed by atoms with E-state index in [1.165, 1.54) is 18.3 Å². The molecule has 1 aliphatic rings. The number of piperazine rings is 1. The number of nitrogens with zero attached hydrogens (tertiary/aromatic N) is 3. The molecule has 1 atom stereocenters. The van der Waals surface area contributed by atoms with Gasteiger partial charge in [-0.2, -0.15) is 5.26 Å². The van der Waals surface area contributed by atoms with Crippen molar-refractivity contribution in [2.45, 2.75) is 19.5 Å². The highest BCUT2D eigenvalue weighted by atomic mass is 32.1. The van der Waals surface area contributed by atoms with Crippen molar-refractivity contribution in [1.82, 2.24) is 15.2 Å². The molecular weight excluding hydrogens is 250 g/mol. The van der Waals surface area contributed by atoms with Crippen molar-refractivity contribution in [1.29, 1.82) is 5.26 Å². The Balaban J connectivity index is 1.98. The van der Waals surface area contributed by atoms with Crippen LogP contribution in [-0.4, -0.2) is 41.5 Å². The first kappa shape index (κ1) is 13.0. The highest BCUT2D eigenvalue weighted by Crippen LogP contribution is 2.17. The Morgan fingerprint density at radius 2 is 2.67 bits per heavy atom. The molecule has 0 saturated carbocycles. The second-order valence-electron chi connectivity index (χ2n) is 4.14. The maximum Gasteiger partial charge on any atom is 0.223 e. The van der Waals surface area contributed by atoms with E-state index in [1.807, 2.05) is 5.38 Å². The van der Waals surface area contributed by atoms with Crippen molar-refractivity contribution in [3.05, 3.63) is 11.1 Å². The first-order valence-electron chi connectivity index (χ1n) is 5.75. The summed E-state index contributed by atoms with van der Waals surface area (Å²) < 4.78 is 0. The third-order valence-corrected chi connectivity index (χ3v) is 3.51. The fourth-order valence-electron chi connectivity index (χ4n) is 1.86. The summed E-state index contributed by atoms with van der Waals surface area (Å²) in [6.45, 7) is 4.53. The number of carbonyl (C=O) groups is 1. The first-order chi connectivity index (χ1) is 8.69. The Kier molecular flexibility index (Phi) is 4.25. The molecule has 1 amide bonds. The van der Waals surface area contributed by atoms with E-state index in [9.17, 15) is 4.79 Å². The number of hydrogen-bond donors (Lipinski definition) is 2. The van der Waals surface area contributed by atoms with Gasteiger partial charge in [-0.1, -0.05) is 0 Å². The lowest BCUT2D eigenvalue weighted by Crippen LogP contribution is -2.50. The van der Waals surface area contributed by atoms with Crippen LogP contribution >= 0.6 is 11.3 Å². The smallest absolute Gasteiger partial charge is 0.223 e. The van der Waals surface area contributed by atoms with E-state index in [4.69, 9.17) is 5.26 Å². The molecule has 0 radical (unpaired) electrons. The number of anilines is 1. The number of carbonyl (C=O) groups excluding carboxylic acids is 1. The van der Waals surface area contributed by atoms with E-state index in [0.717, 1.165) is 18.8 Å². The van der Waals surface area contributed by atoms with Gasteiger partial charge in [-0.3, -0.25) is 9.69 Å². The van der Waals surface area contributed by atoms with Crippen LogP contribution < -0.4 is 10.6 Å². The molecule has 2 N–H and O–H groups in total. The third-order valence-electron chi connectivity index (χ3n) is 2.70. The molecule has 1 saturated heterocycles. The van der Waals surface area contributed by atoms with Gasteiger partial charge in [0.1, 0.15) is 6.04 Å². The summed E-state index contributed by atoms with van der Waals surface area (Å²) in [5.74, 6) is -0.118. The number of amides is 1. The molecule has 1 aliphatic heterocycles. The largest absolute Gasteiger partial charge is 0.313 e. The third kappa shape index (κ3) is 3.26. The zero-order chi connectivity index (χ0) is 13.0. The van der Waals surface area contributed by atoms with Crippen molar-refractivity contribution < 1.29 is 4.79 Å². The van der Waals surface area contributed by atoms with Gasteiger partial charge in [0, 0.05) is 38.5 Å². The predicted molar refractivity (Wildman–Crippen MR) is 69.1 cm³/mol. The molecule has 6 nitrogen and oxygen atoms in total. The van der Waals surface area contributed by atoms with Gasteiger partial charge < -0.3 is 10.6 Å². The normalized spacial score (nSPS) is 20.3. The van der Waals surface area contributed by atoms with Crippen LogP contribution in [0.3, 0.4) is 0 Å². The molecule has 0 aliphatic carbocycles. The molecule has 1 unspecified atom stereocenters. The standard InChI is InChI=1S/C11H15N5OS/c1-8(17)14-11-15-9(7-18-11)6-16-3-2-13-5-10(16)4-12/h7,10,13H,2-3,5-6H2,1H3,(H,14,15,17). The van der Waals surface area contributed by atoms with Crippen LogP contribution in [0.15, 0.2) is 5.38 Å². The van der Waals surface area contributed by atoms with Crippen LogP contribution in [0.5, 0.6) is 0 Å². The summed E-state index contributed by atoms with van der Waals surface area (Å²) in [6.07, 6.45) is 0. The van der Waals surface area contributed by atoms with Crippen molar-refractivity contribution in [3.63, 3.8) is 0 Å². The summed E-state index contributed by atoms with van der Waals surface area (Å²) in [4.78, 5) is 17.3. The second kappa shape index (κ2) is 5.91. The van der Waals surface area contributed by atoms with Crippen LogP contribution in [0.25, 0.3) is 0 Å². The van der Waals surface area contributed by atoms with Crippen LogP contribution in [0.1, 0.15) is 12.6 Å². The van der Waals surface area contributed by atoms with E-state index >= 15 is 0 Å². The number of nitrogens with one attached hydrogen (secondary N) is 2. The fraction of sp³-hybridized carbons (Fsp3) is 0.545. The Labute approximate surface area is 110 Å². The van der Waals surface area contributed by atoms with Gasteiger partial charge in [0.15, 0.2) is 5.13 Å². The molecule has 0 aromatic carbocycles. The minimum absolute atomic E-state index is 0.107. The van der Waals surface area contributed by atoms with Crippen molar-refractivity contribution >= 4 is 22.4 Å². The summed E-state index contributed by atoms with van der Waals surface area (Å²) in [5, 5.41) is 17.4. The summed E-state index contributed by atoms with van der Waals surface area (Å²) >= 11 is 1.41. The lowest BCUT2D eigenvalue weighted by atomic mass is 10.2. The van der Waals surface area contributed by atoms with E-state index in [0.29, 0.717) is 18.2 Å². The zero-order valence-corrected chi connectivity index (χ0v) is 11.0. The van der Waals surface area contributed by atoms with E-state index in [1.54, 1.807) is 0 Å². The highest BCUT2D eigenvalue weighted by Gasteiger charge is 2.22. The second-order valence-corrected chi connectivity index (χ2v) is 5.00. The molecule has 2 rings (SSSR count). The quantitative estimate of drug-likeness (QED) is 0.826. The van der Waals surface area contributed by atoms with Gasteiger partial charge >= 0.3 is 0 Å². The van der Waals surface area contributed by atoms with Crippen molar-refractivity contribution in [2.75, 3.05) is 25.0 Å². The fourth-order valence-corrected chi connectivity index (χ4v) is 2.61. The summed E-state index contributed by atoms with van der Waals surface area (Å²) in [6, 6.07) is 2.18. The Morgan fingerprint density at radius 1 is 1.83 bits per heavy atom.